The van der Waals surface area contributed by atoms with Crippen molar-refractivity contribution in [3.05, 3.63) is 30.3 Å². The average Bonchev–Trinajstić information content (AvgIpc) is 2.36. The maximum atomic E-state index is 5.74. The molecule has 2 nitrogen and oxygen atoms in total. The first kappa shape index (κ1) is 15.0. The zero-order valence-corrected chi connectivity index (χ0v) is 12.2. The summed E-state index contributed by atoms with van der Waals surface area (Å²) < 4.78 is 5.74. The number of benzene rings is 1. The van der Waals surface area contributed by atoms with Crippen molar-refractivity contribution in [2.75, 3.05) is 20.2 Å². The molecule has 1 aromatic carbocycles. The Morgan fingerprint density at radius 2 is 1.89 bits per heavy atom. The van der Waals surface area contributed by atoms with Gasteiger partial charge in [0.1, 0.15) is 5.75 Å². The maximum absolute atomic E-state index is 5.74. The Hall–Kier alpha value is -1.02. The van der Waals surface area contributed by atoms with Crippen LogP contribution < -0.4 is 10.1 Å². The standard InChI is InChI=1S/C16H27NO/c1-14(2)16(3,13-17-4)11-8-12-18-15-9-6-5-7-10-15/h5-7,9-10,14,17H,8,11-13H2,1-4H3. The van der Waals surface area contributed by atoms with Crippen LogP contribution in [0.1, 0.15) is 33.6 Å². The van der Waals surface area contributed by atoms with E-state index in [1.54, 1.807) is 0 Å². The van der Waals surface area contributed by atoms with Crippen molar-refractivity contribution in [3.63, 3.8) is 0 Å². The van der Waals surface area contributed by atoms with E-state index in [2.05, 4.69) is 26.1 Å². The van der Waals surface area contributed by atoms with E-state index in [0.29, 0.717) is 11.3 Å². The van der Waals surface area contributed by atoms with Gasteiger partial charge in [0.25, 0.3) is 0 Å². The van der Waals surface area contributed by atoms with E-state index >= 15 is 0 Å². The minimum atomic E-state index is 0.356. The summed E-state index contributed by atoms with van der Waals surface area (Å²) in [4.78, 5) is 0. The van der Waals surface area contributed by atoms with Gasteiger partial charge < -0.3 is 10.1 Å². The molecule has 0 saturated heterocycles. The van der Waals surface area contributed by atoms with Crippen LogP contribution in [0.2, 0.25) is 0 Å². The topological polar surface area (TPSA) is 21.3 Å². The van der Waals surface area contributed by atoms with Crippen LogP contribution in [0.4, 0.5) is 0 Å². The zero-order valence-electron chi connectivity index (χ0n) is 12.2. The summed E-state index contributed by atoms with van der Waals surface area (Å²) in [5.74, 6) is 1.65. The smallest absolute Gasteiger partial charge is 0.119 e. The summed E-state index contributed by atoms with van der Waals surface area (Å²) in [5.41, 5.74) is 0.356. The van der Waals surface area contributed by atoms with Gasteiger partial charge in [0.15, 0.2) is 0 Å². The normalized spacial score (nSPS) is 14.5. The Balaban J connectivity index is 2.31. The minimum Gasteiger partial charge on any atom is -0.494 e. The molecular formula is C16H27NO. The number of rotatable bonds is 8. The molecule has 2 heteroatoms. The molecule has 0 heterocycles. The molecule has 1 atom stereocenters. The van der Waals surface area contributed by atoms with Crippen LogP contribution in [0.15, 0.2) is 30.3 Å². The van der Waals surface area contributed by atoms with Crippen molar-refractivity contribution in [3.8, 4) is 5.75 Å². The molecule has 0 bridgehead atoms. The van der Waals surface area contributed by atoms with Crippen LogP contribution in [0.25, 0.3) is 0 Å². The van der Waals surface area contributed by atoms with Crippen LogP contribution >= 0.6 is 0 Å². The molecule has 1 rings (SSSR count). The molecular weight excluding hydrogens is 222 g/mol. The van der Waals surface area contributed by atoms with E-state index in [4.69, 9.17) is 4.74 Å². The Labute approximate surface area is 112 Å². The third-order valence-electron chi connectivity index (χ3n) is 3.88. The van der Waals surface area contributed by atoms with E-state index in [9.17, 15) is 0 Å². The van der Waals surface area contributed by atoms with Crippen LogP contribution in [0.3, 0.4) is 0 Å². The highest BCUT2D eigenvalue weighted by Crippen LogP contribution is 2.31. The van der Waals surface area contributed by atoms with Crippen molar-refractivity contribution in [1.82, 2.24) is 5.32 Å². The molecule has 0 fully saturated rings. The Morgan fingerprint density at radius 3 is 2.44 bits per heavy atom. The molecule has 1 aromatic rings. The predicted molar refractivity (Wildman–Crippen MR) is 78.0 cm³/mol. The van der Waals surface area contributed by atoms with Crippen LogP contribution in [0, 0.1) is 11.3 Å². The fourth-order valence-electron chi connectivity index (χ4n) is 2.17. The van der Waals surface area contributed by atoms with E-state index in [1.807, 2.05) is 37.4 Å². The zero-order chi connectivity index (χ0) is 13.4. The number of hydrogen-bond acceptors (Lipinski definition) is 2. The highest BCUT2D eigenvalue weighted by molar-refractivity contribution is 5.20. The highest BCUT2D eigenvalue weighted by atomic mass is 16.5. The van der Waals surface area contributed by atoms with Crippen molar-refractivity contribution in [2.45, 2.75) is 33.6 Å². The lowest BCUT2D eigenvalue weighted by molar-refractivity contribution is 0.174. The Morgan fingerprint density at radius 1 is 1.22 bits per heavy atom. The van der Waals surface area contributed by atoms with Gasteiger partial charge in [-0.25, -0.2) is 0 Å². The molecule has 1 unspecified atom stereocenters. The Bertz CT molecular complexity index is 323. The first-order chi connectivity index (χ1) is 8.58. The first-order valence-corrected chi connectivity index (χ1v) is 6.91. The predicted octanol–water partition coefficient (Wildman–Crippen LogP) is 3.73. The molecule has 0 aliphatic rings. The summed E-state index contributed by atoms with van der Waals surface area (Å²) in [6, 6.07) is 10.0. The second-order valence-corrected chi connectivity index (χ2v) is 5.60. The monoisotopic (exact) mass is 249 g/mol. The second kappa shape index (κ2) is 7.42. The van der Waals surface area contributed by atoms with Gasteiger partial charge in [-0.1, -0.05) is 39.0 Å². The number of nitrogens with one attached hydrogen (secondary N) is 1. The maximum Gasteiger partial charge on any atom is 0.119 e. The average molecular weight is 249 g/mol. The second-order valence-electron chi connectivity index (χ2n) is 5.60. The van der Waals surface area contributed by atoms with E-state index in [0.717, 1.165) is 25.3 Å². The van der Waals surface area contributed by atoms with Crippen LogP contribution in [0.5, 0.6) is 5.75 Å². The minimum absolute atomic E-state index is 0.356. The lowest BCUT2D eigenvalue weighted by Gasteiger charge is -2.33. The van der Waals surface area contributed by atoms with Gasteiger partial charge in [-0.2, -0.15) is 0 Å². The fraction of sp³-hybridized carbons (Fsp3) is 0.625. The van der Waals surface area contributed by atoms with E-state index in [1.165, 1.54) is 6.42 Å². The number of ether oxygens (including phenoxy) is 1. The molecule has 0 saturated carbocycles. The summed E-state index contributed by atoms with van der Waals surface area (Å²) in [7, 11) is 2.03. The molecule has 0 aromatic heterocycles. The molecule has 0 aliphatic carbocycles. The molecule has 102 valence electrons. The highest BCUT2D eigenvalue weighted by Gasteiger charge is 2.26. The van der Waals surface area contributed by atoms with Crippen LogP contribution in [-0.2, 0) is 0 Å². The van der Waals surface area contributed by atoms with Crippen molar-refractivity contribution >= 4 is 0 Å². The van der Waals surface area contributed by atoms with E-state index in [-0.39, 0.29) is 0 Å². The van der Waals surface area contributed by atoms with E-state index < -0.39 is 0 Å². The fourth-order valence-corrected chi connectivity index (χ4v) is 2.17. The van der Waals surface area contributed by atoms with Crippen LogP contribution in [-0.4, -0.2) is 20.2 Å². The van der Waals surface area contributed by atoms with Gasteiger partial charge >= 0.3 is 0 Å². The van der Waals surface area contributed by atoms with Gasteiger partial charge in [-0.05, 0) is 43.4 Å². The molecule has 0 spiro atoms. The molecule has 0 amide bonds. The van der Waals surface area contributed by atoms with Gasteiger partial charge in [0, 0.05) is 6.54 Å². The summed E-state index contributed by atoms with van der Waals surface area (Å²) in [6.07, 6.45) is 2.30. The quantitative estimate of drug-likeness (QED) is 0.709. The van der Waals surface area contributed by atoms with Crippen molar-refractivity contribution < 1.29 is 4.74 Å². The number of para-hydroxylation sites is 1. The number of hydrogen-bond donors (Lipinski definition) is 1. The summed E-state index contributed by atoms with van der Waals surface area (Å²) >= 11 is 0. The lowest BCUT2D eigenvalue weighted by Crippen LogP contribution is -2.34. The molecule has 0 radical (unpaired) electrons. The molecule has 18 heavy (non-hydrogen) atoms. The van der Waals surface area contributed by atoms with Gasteiger partial charge in [0.2, 0.25) is 0 Å². The Kier molecular flexibility index (Phi) is 6.20. The van der Waals surface area contributed by atoms with Gasteiger partial charge in [-0.3, -0.25) is 0 Å². The first-order valence-electron chi connectivity index (χ1n) is 6.91. The van der Waals surface area contributed by atoms with Crippen molar-refractivity contribution in [1.29, 1.82) is 0 Å². The lowest BCUT2D eigenvalue weighted by atomic mass is 9.75. The largest absolute Gasteiger partial charge is 0.494 e. The van der Waals surface area contributed by atoms with Gasteiger partial charge in [-0.15, -0.1) is 0 Å². The molecule has 1 N–H and O–H groups in total. The summed E-state index contributed by atoms with van der Waals surface area (Å²) in [6.45, 7) is 8.83. The third-order valence-corrected chi connectivity index (χ3v) is 3.88. The van der Waals surface area contributed by atoms with Crippen molar-refractivity contribution in [2.24, 2.45) is 11.3 Å². The SMILES string of the molecule is CNCC(C)(CCCOc1ccccc1)C(C)C. The molecule has 0 aliphatic heterocycles. The summed E-state index contributed by atoms with van der Waals surface area (Å²) in [5, 5.41) is 3.31. The van der Waals surface area contributed by atoms with Gasteiger partial charge in [0.05, 0.1) is 6.61 Å². The third kappa shape index (κ3) is 4.69.